The van der Waals surface area contributed by atoms with Crippen LogP contribution in [0.25, 0.3) is 0 Å². The van der Waals surface area contributed by atoms with Gasteiger partial charge in [0.25, 0.3) is 0 Å². The van der Waals surface area contributed by atoms with Crippen molar-refractivity contribution in [2.45, 2.75) is 18.6 Å². The van der Waals surface area contributed by atoms with Gasteiger partial charge in [-0.1, -0.05) is 22.0 Å². The van der Waals surface area contributed by atoms with E-state index in [4.69, 9.17) is 5.73 Å². The van der Waals surface area contributed by atoms with Crippen molar-refractivity contribution in [1.82, 2.24) is 0 Å². The molecule has 84 valence electrons. The van der Waals surface area contributed by atoms with Gasteiger partial charge in [-0.15, -0.1) is 0 Å². The highest BCUT2D eigenvalue weighted by atomic mass is 79.9. The first-order valence-electron chi connectivity index (χ1n) is 4.07. The number of hydrogen-bond donors (Lipinski definition) is 1. The van der Waals surface area contributed by atoms with Crippen molar-refractivity contribution in [1.29, 1.82) is 0 Å². The summed E-state index contributed by atoms with van der Waals surface area (Å²) in [6.07, 6.45) is -5.62. The third-order valence-corrected chi connectivity index (χ3v) is 2.31. The smallest absolute Gasteiger partial charge is 0.324 e. The van der Waals surface area contributed by atoms with Crippen molar-refractivity contribution in [3.05, 3.63) is 34.1 Å². The normalized spacial score (nSPS) is 14.0. The molecule has 0 saturated heterocycles. The van der Waals surface area contributed by atoms with Crippen LogP contribution in [0.1, 0.15) is 18.0 Å². The lowest BCUT2D eigenvalue weighted by molar-refractivity contribution is -0.138. The monoisotopic (exact) mass is 285 g/mol. The molecule has 1 rings (SSSR count). The molecule has 0 fully saturated rings. The Morgan fingerprint density at radius 1 is 1.33 bits per heavy atom. The van der Waals surface area contributed by atoms with Gasteiger partial charge in [0, 0.05) is 16.1 Å². The Labute approximate surface area is 92.4 Å². The van der Waals surface area contributed by atoms with Crippen molar-refractivity contribution in [3.8, 4) is 0 Å². The first-order valence-corrected chi connectivity index (χ1v) is 4.86. The lowest BCUT2D eigenvalue weighted by Crippen LogP contribution is -2.21. The van der Waals surface area contributed by atoms with Gasteiger partial charge >= 0.3 is 6.18 Å². The van der Waals surface area contributed by atoms with E-state index in [1.54, 1.807) is 0 Å². The Balaban J connectivity index is 2.87. The molecule has 1 atom stereocenters. The summed E-state index contributed by atoms with van der Waals surface area (Å²) in [5.41, 5.74) is 5.13. The molecular formula is C9H8BrF4N. The third kappa shape index (κ3) is 3.79. The summed E-state index contributed by atoms with van der Waals surface area (Å²) >= 11 is 3.00. The van der Waals surface area contributed by atoms with E-state index in [-0.39, 0.29) is 5.56 Å². The Kier molecular flexibility index (Phi) is 3.72. The first kappa shape index (κ1) is 12.4. The average Bonchev–Trinajstić information content (AvgIpc) is 1.99. The van der Waals surface area contributed by atoms with E-state index in [2.05, 4.69) is 15.9 Å². The molecule has 0 aromatic heterocycles. The molecule has 0 amide bonds. The van der Waals surface area contributed by atoms with Gasteiger partial charge in [-0.25, -0.2) is 4.39 Å². The second-order valence-electron chi connectivity index (χ2n) is 3.09. The topological polar surface area (TPSA) is 26.0 Å². The zero-order valence-electron chi connectivity index (χ0n) is 7.48. The molecule has 0 aliphatic heterocycles. The maximum absolute atomic E-state index is 13.2. The predicted molar refractivity (Wildman–Crippen MR) is 51.7 cm³/mol. The fourth-order valence-corrected chi connectivity index (χ4v) is 1.49. The van der Waals surface area contributed by atoms with Crippen molar-refractivity contribution in [3.63, 3.8) is 0 Å². The second-order valence-corrected chi connectivity index (χ2v) is 4.01. The molecule has 0 aliphatic rings. The van der Waals surface area contributed by atoms with Gasteiger partial charge in [0.1, 0.15) is 5.82 Å². The van der Waals surface area contributed by atoms with Crippen LogP contribution in [0.3, 0.4) is 0 Å². The molecule has 0 bridgehead atoms. The minimum absolute atomic E-state index is 0.129. The first-order chi connectivity index (χ1) is 6.79. The molecule has 0 aliphatic carbocycles. The molecule has 1 aromatic rings. The zero-order chi connectivity index (χ0) is 11.6. The highest BCUT2D eigenvalue weighted by molar-refractivity contribution is 9.10. The fourth-order valence-electron chi connectivity index (χ4n) is 1.16. The minimum Gasteiger partial charge on any atom is -0.324 e. The molecule has 1 nitrogen and oxygen atoms in total. The van der Waals surface area contributed by atoms with Gasteiger partial charge in [-0.05, 0) is 12.1 Å². The van der Waals surface area contributed by atoms with Crippen molar-refractivity contribution >= 4 is 15.9 Å². The number of nitrogens with two attached hydrogens (primary N) is 1. The van der Waals surface area contributed by atoms with Crippen LogP contribution in [0.4, 0.5) is 17.6 Å². The number of halogens is 5. The summed E-state index contributed by atoms with van der Waals surface area (Å²) in [6, 6.07) is 2.42. The molecule has 0 unspecified atom stereocenters. The molecule has 0 heterocycles. The van der Waals surface area contributed by atoms with Crippen LogP contribution in [0.5, 0.6) is 0 Å². The third-order valence-electron chi connectivity index (χ3n) is 1.81. The summed E-state index contributed by atoms with van der Waals surface area (Å²) in [6.45, 7) is 0. The highest BCUT2D eigenvalue weighted by Gasteiger charge is 2.31. The van der Waals surface area contributed by atoms with Crippen LogP contribution in [0.15, 0.2) is 22.7 Å². The van der Waals surface area contributed by atoms with Gasteiger partial charge in [-0.2, -0.15) is 13.2 Å². The van der Waals surface area contributed by atoms with E-state index in [1.807, 2.05) is 0 Å². The van der Waals surface area contributed by atoms with E-state index in [0.29, 0.717) is 4.47 Å². The zero-order valence-corrected chi connectivity index (χ0v) is 9.07. The Hall–Kier alpha value is -0.620. The van der Waals surface area contributed by atoms with Crippen LogP contribution >= 0.6 is 15.9 Å². The van der Waals surface area contributed by atoms with Crippen LogP contribution in [0, 0.1) is 5.82 Å². The van der Waals surface area contributed by atoms with Gasteiger partial charge in [0.2, 0.25) is 0 Å². The highest BCUT2D eigenvalue weighted by Crippen LogP contribution is 2.29. The Morgan fingerprint density at radius 3 is 2.40 bits per heavy atom. The van der Waals surface area contributed by atoms with Gasteiger partial charge in [0.15, 0.2) is 0 Å². The second kappa shape index (κ2) is 4.49. The minimum atomic E-state index is -4.39. The molecule has 0 radical (unpaired) electrons. The van der Waals surface area contributed by atoms with E-state index >= 15 is 0 Å². The SMILES string of the molecule is N[C@@H](CC(F)(F)F)c1ccc(Br)cc1F. The van der Waals surface area contributed by atoms with Gasteiger partial charge in [0.05, 0.1) is 6.42 Å². The van der Waals surface area contributed by atoms with Gasteiger partial charge < -0.3 is 5.73 Å². The van der Waals surface area contributed by atoms with Crippen molar-refractivity contribution in [2.75, 3.05) is 0 Å². The average molecular weight is 286 g/mol. The number of benzene rings is 1. The number of rotatable bonds is 2. The standard InChI is InChI=1S/C9H8BrF4N/c10-5-1-2-6(7(11)3-5)8(15)4-9(12,13)14/h1-3,8H,4,15H2/t8-/m0/s1. The predicted octanol–water partition coefficient (Wildman–Crippen LogP) is 3.54. The van der Waals surface area contributed by atoms with E-state index in [9.17, 15) is 17.6 Å². The molecular weight excluding hydrogens is 278 g/mol. The van der Waals surface area contributed by atoms with Crippen molar-refractivity contribution in [2.24, 2.45) is 5.73 Å². The Bertz CT molecular complexity index is 350. The summed E-state index contributed by atoms with van der Waals surface area (Å²) in [4.78, 5) is 0. The largest absolute Gasteiger partial charge is 0.390 e. The lowest BCUT2D eigenvalue weighted by atomic mass is 10.0. The molecule has 2 N–H and O–H groups in total. The Morgan fingerprint density at radius 2 is 1.93 bits per heavy atom. The number of alkyl halides is 3. The van der Waals surface area contributed by atoms with E-state index in [0.717, 1.165) is 6.07 Å². The molecule has 6 heteroatoms. The summed E-state index contributed by atoms with van der Waals surface area (Å²) in [5.74, 6) is -0.735. The maximum atomic E-state index is 13.2. The maximum Gasteiger partial charge on any atom is 0.390 e. The molecule has 1 aromatic carbocycles. The van der Waals surface area contributed by atoms with Crippen LogP contribution in [-0.2, 0) is 0 Å². The van der Waals surface area contributed by atoms with Crippen molar-refractivity contribution < 1.29 is 17.6 Å². The quantitative estimate of drug-likeness (QED) is 0.827. The van der Waals surface area contributed by atoms with Crippen LogP contribution in [0.2, 0.25) is 0 Å². The lowest BCUT2D eigenvalue weighted by Gasteiger charge is -2.15. The molecule has 0 saturated carbocycles. The molecule has 0 spiro atoms. The summed E-state index contributed by atoms with van der Waals surface area (Å²) in [7, 11) is 0. The fraction of sp³-hybridized carbons (Fsp3) is 0.333. The number of hydrogen-bond acceptors (Lipinski definition) is 1. The van der Waals surface area contributed by atoms with E-state index < -0.39 is 24.5 Å². The summed E-state index contributed by atoms with van der Waals surface area (Å²) < 4.78 is 49.6. The van der Waals surface area contributed by atoms with Crippen LogP contribution in [-0.4, -0.2) is 6.18 Å². The van der Waals surface area contributed by atoms with E-state index in [1.165, 1.54) is 12.1 Å². The van der Waals surface area contributed by atoms with Crippen LogP contribution < -0.4 is 5.73 Å². The van der Waals surface area contributed by atoms with Gasteiger partial charge in [-0.3, -0.25) is 0 Å². The summed E-state index contributed by atoms with van der Waals surface area (Å²) in [5, 5.41) is 0. The molecule has 15 heavy (non-hydrogen) atoms.